The van der Waals surface area contributed by atoms with Gasteiger partial charge in [0, 0.05) is 30.1 Å². The van der Waals surface area contributed by atoms with Crippen molar-refractivity contribution >= 4 is 5.91 Å². The minimum atomic E-state index is -0.192. The van der Waals surface area contributed by atoms with Gasteiger partial charge in [0.1, 0.15) is 11.4 Å². The summed E-state index contributed by atoms with van der Waals surface area (Å²) in [5.41, 5.74) is 2.56. The fourth-order valence-electron chi connectivity index (χ4n) is 3.45. The maximum absolute atomic E-state index is 12.9. The van der Waals surface area contributed by atoms with Crippen molar-refractivity contribution in [1.82, 2.24) is 25.3 Å². The van der Waals surface area contributed by atoms with Crippen LogP contribution in [-0.4, -0.2) is 39.0 Å². The smallest absolute Gasteiger partial charge is 0.274 e. The summed E-state index contributed by atoms with van der Waals surface area (Å²) in [5.74, 6) is 0.517. The van der Waals surface area contributed by atoms with Gasteiger partial charge in [-0.05, 0) is 37.1 Å². The second-order valence-corrected chi connectivity index (χ2v) is 6.59. The van der Waals surface area contributed by atoms with Gasteiger partial charge < -0.3 is 10.1 Å². The van der Waals surface area contributed by atoms with Crippen molar-refractivity contribution in [2.45, 2.75) is 31.7 Å². The van der Waals surface area contributed by atoms with E-state index in [1.165, 1.54) is 0 Å². The predicted octanol–water partition coefficient (Wildman–Crippen LogP) is 3.01. The normalized spacial score (nSPS) is 14.3. The Morgan fingerprint density at radius 2 is 1.96 bits per heavy atom. The molecule has 0 radical (unpaired) electrons. The monoisotopic (exact) mass is 363 g/mol. The zero-order valence-electron chi connectivity index (χ0n) is 15.1. The fraction of sp³-hybridized carbons (Fsp3) is 0.300. The van der Waals surface area contributed by atoms with Crippen molar-refractivity contribution in [3.63, 3.8) is 0 Å². The second kappa shape index (κ2) is 7.57. The molecule has 7 heteroatoms. The van der Waals surface area contributed by atoms with Gasteiger partial charge in [-0.2, -0.15) is 0 Å². The average Bonchev–Trinajstić information content (AvgIpc) is 3.38. The molecule has 7 nitrogen and oxygen atoms in total. The van der Waals surface area contributed by atoms with E-state index in [1.807, 2.05) is 36.4 Å². The van der Waals surface area contributed by atoms with Crippen LogP contribution in [0.4, 0.5) is 0 Å². The molecule has 1 aromatic carbocycles. The van der Waals surface area contributed by atoms with Crippen molar-refractivity contribution in [3.8, 4) is 22.7 Å². The first-order chi connectivity index (χ1) is 13.3. The summed E-state index contributed by atoms with van der Waals surface area (Å²) >= 11 is 0. The molecule has 0 unspecified atom stereocenters. The number of rotatable bonds is 5. The number of amides is 1. The quantitative estimate of drug-likeness (QED) is 0.753. The van der Waals surface area contributed by atoms with Gasteiger partial charge in [-0.25, -0.2) is 4.68 Å². The summed E-state index contributed by atoms with van der Waals surface area (Å²) in [4.78, 5) is 17.0. The topological polar surface area (TPSA) is 81.9 Å². The Kier molecular flexibility index (Phi) is 4.82. The summed E-state index contributed by atoms with van der Waals surface area (Å²) in [6.07, 6.45) is 7.71. The lowest BCUT2D eigenvalue weighted by Gasteiger charge is -2.12. The number of pyridine rings is 1. The van der Waals surface area contributed by atoms with Crippen LogP contribution in [0.2, 0.25) is 0 Å². The number of ether oxygens (including phenoxy) is 1. The predicted molar refractivity (Wildman–Crippen MR) is 101 cm³/mol. The summed E-state index contributed by atoms with van der Waals surface area (Å²) in [6, 6.07) is 11.4. The molecule has 4 rings (SSSR count). The molecule has 138 valence electrons. The van der Waals surface area contributed by atoms with Crippen LogP contribution in [0.1, 0.15) is 36.2 Å². The molecule has 1 saturated carbocycles. The summed E-state index contributed by atoms with van der Waals surface area (Å²) in [7, 11) is 1.62. The number of carbonyl (C=O) groups excluding carboxylic acids is 1. The molecule has 0 atom stereocenters. The minimum Gasteiger partial charge on any atom is -0.497 e. The first kappa shape index (κ1) is 17.2. The van der Waals surface area contributed by atoms with Crippen LogP contribution < -0.4 is 10.1 Å². The molecule has 0 bridgehead atoms. The molecule has 3 aromatic rings. The van der Waals surface area contributed by atoms with E-state index in [2.05, 4.69) is 20.6 Å². The van der Waals surface area contributed by atoms with E-state index < -0.39 is 0 Å². The number of nitrogens with zero attached hydrogens (tertiary/aromatic N) is 4. The number of hydrogen-bond donors (Lipinski definition) is 1. The maximum atomic E-state index is 12.9. The Morgan fingerprint density at radius 3 is 2.70 bits per heavy atom. The van der Waals surface area contributed by atoms with Gasteiger partial charge in [-0.1, -0.05) is 24.1 Å². The number of nitrogens with one attached hydrogen (secondary N) is 1. The summed E-state index contributed by atoms with van der Waals surface area (Å²) in [5, 5.41) is 11.6. The molecule has 1 fully saturated rings. The van der Waals surface area contributed by atoms with Crippen LogP contribution in [-0.2, 0) is 0 Å². The van der Waals surface area contributed by atoms with Crippen molar-refractivity contribution < 1.29 is 9.53 Å². The highest BCUT2D eigenvalue weighted by Gasteiger charge is 2.25. The van der Waals surface area contributed by atoms with Gasteiger partial charge in [-0.3, -0.25) is 9.78 Å². The average molecular weight is 363 g/mol. The number of carbonyl (C=O) groups is 1. The minimum absolute atomic E-state index is 0.192. The lowest BCUT2D eigenvalue weighted by Crippen LogP contribution is -2.33. The Bertz CT molecular complexity index is 933. The Balaban J connectivity index is 1.77. The number of benzene rings is 1. The fourth-order valence-corrected chi connectivity index (χ4v) is 3.45. The molecule has 0 saturated heterocycles. The summed E-state index contributed by atoms with van der Waals surface area (Å²) < 4.78 is 6.98. The van der Waals surface area contributed by atoms with Crippen LogP contribution >= 0.6 is 0 Å². The van der Waals surface area contributed by atoms with Gasteiger partial charge in [0.25, 0.3) is 5.91 Å². The molecule has 27 heavy (non-hydrogen) atoms. The molecule has 0 aliphatic heterocycles. The molecular formula is C20H21N5O2. The van der Waals surface area contributed by atoms with Crippen molar-refractivity contribution in [2.75, 3.05) is 7.11 Å². The van der Waals surface area contributed by atoms with Crippen molar-refractivity contribution in [3.05, 3.63) is 54.5 Å². The molecule has 1 aliphatic rings. The highest BCUT2D eigenvalue weighted by molar-refractivity contribution is 5.98. The van der Waals surface area contributed by atoms with Crippen LogP contribution in [0.25, 0.3) is 16.9 Å². The van der Waals surface area contributed by atoms with Gasteiger partial charge in [0.05, 0.1) is 12.8 Å². The van der Waals surface area contributed by atoms with Crippen LogP contribution in [0.5, 0.6) is 5.75 Å². The number of hydrogen-bond acceptors (Lipinski definition) is 5. The maximum Gasteiger partial charge on any atom is 0.274 e. The molecule has 1 amide bonds. The third-order valence-corrected chi connectivity index (χ3v) is 4.83. The van der Waals surface area contributed by atoms with E-state index >= 15 is 0 Å². The van der Waals surface area contributed by atoms with E-state index in [4.69, 9.17) is 4.74 Å². The molecule has 1 aliphatic carbocycles. The largest absolute Gasteiger partial charge is 0.497 e. The zero-order valence-corrected chi connectivity index (χ0v) is 15.1. The van der Waals surface area contributed by atoms with E-state index in [1.54, 1.807) is 24.2 Å². The highest BCUT2D eigenvalue weighted by Crippen LogP contribution is 2.27. The second-order valence-electron chi connectivity index (χ2n) is 6.59. The van der Waals surface area contributed by atoms with Gasteiger partial charge in [0.2, 0.25) is 0 Å². The molecule has 0 spiro atoms. The first-order valence-corrected chi connectivity index (χ1v) is 9.07. The zero-order chi connectivity index (χ0) is 18.6. The molecule has 1 N–H and O–H groups in total. The number of aromatic nitrogens is 4. The lowest BCUT2D eigenvalue weighted by atomic mass is 10.1. The van der Waals surface area contributed by atoms with Crippen molar-refractivity contribution in [2.24, 2.45) is 0 Å². The van der Waals surface area contributed by atoms with Gasteiger partial charge in [-0.15, -0.1) is 5.10 Å². The first-order valence-electron chi connectivity index (χ1n) is 9.07. The molecule has 2 aromatic heterocycles. The lowest BCUT2D eigenvalue weighted by molar-refractivity contribution is 0.0933. The highest BCUT2D eigenvalue weighted by atomic mass is 16.5. The van der Waals surface area contributed by atoms with E-state index in [-0.39, 0.29) is 11.9 Å². The van der Waals surface area contributed by atoms with E-state index in [0.29, 0.717) is 17.1 Å². The third kappa shape index (κ3) is 3.53. The molecule has 2 heterocycles. The van der Waals surface area contributed by atoms with E-state index in [0.717, 1.165) is 36.9 Å². The SMILES string of the molecule is COc1cccc(-n2nnc(C(=O)NC3CCCC3)c2-c2ccncc2)c1. The van der Waals surface area contributed by atoms with E-state index in [9.17, 15) is 4.79 Å². The van der Waals surface area contributed by atoms with Gasteiger partial charge >= 0.3 is 0 Å². The number of methoxy groups -OCH3 is 1. The van der Waals surface area contributed by atoms with Crippen molar-refractivity contribution in [1.29, 1.82) is 0 Å². The van der Waals surface area contributed by atoms with Gasteiger partial charge in [0.15, 0.2) is 5.69 Å². The Labute approximate surface area is 157 Å². The molecular weight excluding hydrogens is 342 g/mol. The third-order valence-electron chi connectivity index (χ3n) is 4.83. The standard InChI is InChI=1S/C20H21N5O2/c1-27-17-8-4-7-16(13-17)25-19(14-9-11-21-12-10-14)18(23-24-25)20(26)22-15-5-2-3-6-15/h4,7-13,15H,2-3,5-6H2,1H3,(H,22,26). The van der Waals surface area contributed by atoms with Crippen LogP contribution in [0.3, 0.4) is 0 Å². The Hall–Kier alpha value is -3.22. The Morgan fingerprint density at radius 1 is 1.19 bits per heavy atom. The summed E-state index contributed by atoms with van der Waals surface area (Å²) in [6.45, 7) is 0. The van der Waals surface area contributed by atoms with Crippen LogP contribution in [0.15, 0.2) is 48.8 Å². The van der Waals surface area contributed by atoms with Crippen LogP contribution in [0, 0.1) is 0 Å².